The van der Waals surface area contributed by atoms with Crippen LogP contribution in [0.15, 0.2) is 18.2 Å². The second-order valence-electron chi connectivity index (χ2n) is 6.65. The molecule has 1 heterocycles. The summed E-state index contributed by atoms with van der Waals surface area (Å²) in [7, 11) is 0. The zero-order valence-corrected chi connectivity index (χ0v) is 14.5. The molecule has 1 aromatic rings. The normalized spacial score (nSPS) is 28.4. The highest BCUT2D eigenvalue weighted by Gasteiger charge is 2.34. The molecule has 2 fully saturated rings. The maximum Gasteiger partial charge on any atom is 0.0623 e. The van der Waals surface area contributed by atoms with E-state index in [-0.39, 0.29) is 12.4 Å². The van der Waals surface area contributed by atoms with Crippen molar-refractivity contribution in [2.45, 2.75) is 51.7 Å². The SMILES string of the molecule is Cc1ccc(CNC2CCCC2C2COCCN2)c(C)c1.Cl. The predicted octanol–water partition coefficient (Wildman–Crippen LogP) is 2.97. The Kier molecular flexibility index (Phi) is 6.69. The third-order valence-electron chi connectivity index (χ3n) is 5.09. The molecule has 22 heavy (non-hydrogen) atoms. The lowest BCUT2D eigenvalue weighted by atomic mass is 9.93. The summed E-state index contributed by atoms with van der Waals surface area (Å²) >= 11 is 0. The Morgan fingerprint density at radius 3 is 2.86 bits per heavy atom. The number of aryl methyl sites for hydroxylation is 2. The number of rotatable bonds is 4. The third-order valence-corrected chi connectivity index (χ3v) is 5.09. The van der Waals surface area contributed by atoms with Gasteiger partial charge in [0.15, 0.2) is 0 Å². The minimum absolute atomic E-state index is 0. The molecule has 3 nitrogen and oxygen atoms in total. The molecule has 0 aromatic heterocycles. The fraction of sp³-hybridized carbons (Fsp3) is 0.667. The second-order valence-corrected chi connectivity index (χ2v) is 6.65. The van der Waals surface area contributed by atoms with Crippen LogP contribution in [0, 0.1) is 19.8 Å². The molecule has 2 N–H and O–H groups in total. The molecule has 0 amide bonds. The molecule has 2 aliphatic rings. The molecule has 0 spiro atoms. The summed E-state index contributed by atoms with van der Waals surface area (Å²) in [5.41, 5.74) is 4.17. The molecule has 3 rings (SSSR count). The molecule has 1 aliphatic heterocycles. The van der Waals surface area contributed by atoms with E-state index in [0.29, 0.717) is 12.1 Å². The van der Waals surface area contributed by atoms with Crippen LogP contribution < -0.4 is 10.6 Å². The summed E-state index contributed by atoms with van der Waals surface area (Å²) < 4.78 is 5.65. The minimum atomic E-state index is 0. The number of hydrogen-bond acceptors (Lipinski definition) is 3. The monoisotopic (exact) mass is 324 g/mol. The van der Waals surface area contributed by atoms with E-state index < -0.39 is 0 Å². The van der Waals surface area contributed by atoms with Gasteiger partial charge in [0.1, 0.15) is 0 Å². The molecule has 4 heteroatoms. The van der Waals surface area contributed by atoms with E-state index in [2.05, 4.69) is 42.7 Å². The largest absolute Gasteiger partial charge is 0.379 e. The standard InChI is InChI=1S/C18H28N2O.ClH/c1-13-6-7-15(14(2)10-13)11-20-17-5-3-4-16(17)18-12-21-9-8-19-18;/h6-7,10,16-20H,3-5,8-9,11-12H2,1-2H3;1H. The van der Waals surface area contributed by atoms with Gasteiger partial charge in [0, 0.05) is 25.2 Å². The summed E-state index contributed by atoms with van der Waals surface area (Å²) in [4.78, 5) is 0. The van der Waals surface area contributed by atoms with Crippen molar-refractivity contribution >= 4 is 12.4 Å². The highest BCUT2D eigenvalue weighted by Crippen LogP contribution is 2.29. The van der Waals surface area contributed by atoms with Crippen molar-refractivity contribution in [3.63, 3.8) is 0 Å². The molecule has 1 saturated heterocycles. The second kappa shape index (κ2) is 8.30. The maximum atomic E-state index is 5.65. The lowest BCUT2D eigenvalue weighted by molar-refractivity contribution is 0.0524. The van der Waals surface area contributed by atoms with Crippen molar-refractivity contribution < 1.29 is 4.74 Å². The lowest BCUT2D eigenvalue weighted by Gasteiger charge is -2.33. The first-order chi connectivity index (χ1) is 10.2. The molecular weight excluding hydrogens is 296 g/mol. The Morgan fingerprint density at radius 2 is 2.14 bits per heavy atom. The molecular formula is C18H29ClN2O. The van der Waals surface area contributed by atoms with Gasteiger partial charge in [-0.3, -0.25) is 0 Å². The molecule has 0 bridgehead atoms. The fourth-order valence-corrected chi connectivity index (χ4v) is 3.87. The molecule has 3 unspecified atom stereocenters. The van der Waals surface area contributed by atoms with Crippen LogP contribution in [0.5, 0.6) is 0 Å². The van der Waals surface area contributed by atoms with Crippen LogP contribution in [-0.2, 0) is 11.3 Å². The molecule has 124 valence electrons. The number of nitrogens with one attached hydrogen (secondary N) is 2. The van der Waals surface area contributed by atoms with Crippen LogP contribution in [0.4, 0.5) is 0 Å². The Bertz CT molecular complexity index is 474. The zero-order chi connectivity index (χ0) is 14.7. The van der Waals surface area contributed by atoms with Gasteiger partial charge in [0.25, 0.3) is 0 Å². The fourth-order valence-electron chi connectivity index (χ4n) is 3.87. The van der Waals surface area contributed by atoms with E-state index in [0.717, 1.165) is 32.2 Å². The first-order valence-corrected chi connectivity index (χ1v) is 8.34. The molecule has 3 atom stereocenters. The van der Waals surface area contributed by atoms with E-state index in [1.54, 1.807) is 0 Å². The smallest absolute Gasteiger partial charge is 0.0623 e. The minimum Gasteiger partial charge on any atom is -0.379 e. The summed E-state index contributed by atoms with van der Waals surface area (Å²) in [6, 6.07) is 7.93. The van der Waals surface area contributed by atoms with Crippen LogP contribution in [0.25, 0.3) is 0 Å². The van der Waals surface area contributed by atoms with Crippen molar-refractivity contribution in [1.82, 2.24) is 10.6 Å². The van der Waals surface area contributed by atoms with Gasteiger partial charge in [0.05, 0.1) is 13.2 Å². The Hall–Kier alpha value is -0.610. The average Bonchev–Trinajstić information content (AvgIpc) is 2.96. The molecule has 0 radical (unpaired) electrons. The Labute approximate surface area is 140 Å². The number of hydrogen-bond donors (Lipinski definition) is 2. The van der Waals surface area contributed by atoms with Gasteiger partial charge in [-0.1, -0.05) is 30.2 Å². The highest BCUT2D eigenvalue weighted by molar-refractivity contribution is 5.85. The average molecular weight is 325 g/mol. The van der Waals surface area contributed by atoms with Gasteiger partial charge in [-0.15, -0.1) is 12.4 Å². The number of morpholine rings is 1. The summed E-state index contributed by atoms with van der Waals surface area (Å²) in [5.74, 6) is 0.719. The van der Waals surface area contributed by atoms with Crippen LogP contribution in [0.1, 0.15) is 36.0 Å². The van der Waals surface area contributed by atoms with Crippen molar-refractivity contribution in [2.24, 2.45) is 5.92 Å². The summed E-state index contributed by atoms with van der Waals surface area (Å²) in [6.07, 6.45) is 3.97. The van der Waals surface area contributed by atoms with Crippen molar-refractivity contribution in [1.29, 1.82) is 0 Å². The first kappa shape index (κ1) is 17.7. The van der Waals surface area contributed by atoms with Crippen molar-refractivity contribution in [2.75, 3.05) is 19.8 Å². The quantitative estimate of drug-likeness (QED) is 0.893. The Morgan fingerprint density at radius 1 is 1.27 bits per heavy atom. The predicted molar refractivity (Wildman–Crippen MR) is 93.7 cm³/mol. The van der Waals surface area contributed by atoms with E-state index in [9.17, 15) is 0 Å². The Balaban J connectivity index is 0.00000176. The molecule has 1 aliphatic carbocycles. The van der Waals surface area contributed by atoms with Crippen LogP contribution in [-0.4, -0.2) is 31.8 Å². The summed E-state index contributed by atoms with van der Waals surface area (Å²) in [6.45, 7) is 8.11. The topological polar surface area (TPSA) is 33.3 Å². The van der Waals surface area contributed by atoms with Crippen molar-refractivity contribution in [3.8, 4) is 0 Å². The summed E-state index contributed by atoms with van der Waals surface area (Å²) in [5, 5.41) is 7.45. The van der Waals surface area contributed by atoms with Gasteiger partial charge >= 0.3 is 0 Å². The van der Waals surface area contributed by atoms with Crippen LogP contribution in [0.3, 0.4) is 0 Å². The van der Waals surface area contributed by atoms with E-state index in [1.807, 2.05) is 0 Å². The first-order valence-electron chi connectivity index (χ1n) is 8.34. The van der Waals surface area contributed by atoms with E-state index >= 15 is 0 Å². The van der Waals surface area contributed by atoms with Crippen LogP contribution in [0.2, 0.25) is 0 Å². The van der Waals surface area contributed by atoms with Gasteiger partial charge in [-0.25, -0.2) is 0 Å². The lowest BCUT2D eigenvalue weighted by Crippen LogP contribution is -2.50. The number of halogens is 1. The molecule has 1 saturated carbocycles. The number of ether oxygens (including phenoxy) is 1. The number of benzene rings is 1. The van der Waals surface area contributed by atoms with Gasteiger partial charge in [-0.2, -0.15) is 0 Å². The van der Waals surface area contributed by atoms with Gasteiger partial charge in [0.2, 0.25) is 0 Å². The van der Waals surface area contributed by atoms with E-state index in [4.69, 9.17) is 4.74 Å². The van der Waals surface area contributed by atoms with Crippen LogP contribution >= 0.6 is 12.4 Å². The van der Waals surface area contributed by atoms with Crippen molar-refractivity contribution in [3.05, 3.63) is 34.9 Å². The molecule has 1 aromatic carbocycles. The van der Waals surface area contributed by atoms with Gasteiger partial charge < -0.3 is 15.4 Å². The maximum absolute atomic E-state index is 5.65. The van der Waals surface area contributed by atoms with Gasteiger partial charge in [-0.05, 0) is 43.7 Å². The van der Waals surface area contributed by atoms with E-state index in [1.165, 1.54) is 36.0 Å². The third kappa shape index (κ3) is 4.23. The highest BCUT2D eigenvalue weighted by atomic mass is 35.5. The zero-order valence-electron chi connectivity index (χ0n) is 13.7.